The van der Waals surface area contributed by atoms with Crippen LogP contribution in [-0.4, -0.2) is 17.6 Å². The number of furan rings is 1. The summed E-state index contributed by atoms with van der Waals surface area (Å²) in [5.74, 6) is -0.0858. The van der Waals surface area contributed by atoms with Crippen LogP contribution in [-0.2, 0) is 6.42 Å². The van der Waals surface area contributed by atoms with Gasteiger partial charge in [-0.2, -0.15) is 0 Å². The molecule has 94 valence electrons. The highest BCUT2D eigenvalue weighted by molar-refractivity contribution is 9.10. The number of carboxylic acids is 1. The van der Waals surface area contributed by atoms with E-state index in [0.29, 0.717) is 23.1 Å². The standard InChI is InChI=1S/C13H12BrNO3/c14-10-4-1-5-11(12(10)13(16)17)15-7-6-9-3-2-8-18-9/h1-5,8,15H,6-7H2,(H,16,17). The zero-order chi connectivity index (χ0) is 13.0. The molecule has 0 fully saturated rings. The number of hydrogen-bond acceptors (Lipinski definition) is 3. The maximum absolute atomic E-state index is 11.1. The van der Waals surface area contributed by atoms with Gasteiger partial charge in [-0.1, -0.05) is 6.07 Å². The molecule has 18 heavy (non-hydrogen) atoms. The summed E-state index contributed by atoms with van der Waals surface area (Å²) in [5.41, 5.74) is 0.848. The molecule has 2 N–H and O–H groups in total. The van der Waals surface area contributed by atoms with Crippen molar-refractivity contribution in [2.45, 2.75) is 6.42 Å². The van der Waals surface area contributed by atoms with Crippen LogP contribution in [0.1, 0.15) is 16.1 Å². The molecule has 0 aliphatic carbocycles. The largest absolute Gasteiger partial charge is 0.478 e. The molecule has 1 heterocycles. The Morgan fingerprint density at radius 3 is 2.83 bits per heavy atom. The minimum Gasteiger partial charge on any atom is -0.478 e. The van der Waals surface area contributed by atoms with Crippen LogP contribution in [0.5, 0.6) is 0 Å². The highest BCUT2D eigenvalue weighted by Crippen LogP contribution is 2.24. The van der Waals surface area contributed by atoms with Crippen molar-refractivity contribution in [2.75, 3.05) is 11.9 Å². The number of halogens is 1. The van der Waals surface area contributed by atoms with Gasteiger partial charge in [0.1, 0.15) is 5.76 Å². The molecule has 0 amide bonds. The predicted molar refractivity (Wildman–Crippen MR) is 72.0 cm³/mol. The van der Waals surface area contributed by atoms with Gasteiger partial charge < -0.3 is 14.8 Å². The van der Waals surface area contributed by atoms with Crippen molar-refractivity contribution in [2.24, 2.45) is 0 Å². The molecule has 5 heteroatoms. The average molecular weight is 310 g/mol. The van der Waals surface area contributed by atoms with Crippen LogP contribution >= 0.6 is 15.9 Å². The van der Waals surface area contributed by atoms with Crippen molar-refractivity contribution in [3.63, 3.8) is 0 Å². The fourth-order valence-electron chi connectivity index (χ4n) is 1.66. The maximum Gasteiger partial charge on any atom is 0.338 e. The minimum absolute atomic E-state index is 0.247. The topological polar surface area (TPSA) is 62.5 Å². The van der Waals surface area contributed by atoms with Gasteiger partial charge in [0.05, 0.1) is 11.8 Å². The van der Waals surface area contributed by atoms with Crippen molar-refractivity contribution < 1.29 is 14.3 Å². The van der Waals surface area contributed by atoms with Gasteiger partial charge in [-0.25, -0.2) is 4.79 Å². The third kappa shape index (κ3) is 2.92. The zero-order valence-corrected chi connectivity index (χ0v) is 11.1. The first kappa shape index (κ1) is 12.7. The molecule has 0 atom stereocenters. The fourth-order valence-corrected chi connectivity index (χ4v) is 2.20. The van der Waals surface area contributed by atoms with Gasteiger partial charge in [-0.15, -0.1) is 0 Å². The third-order valence-corrected chi connectivity index (χ3v) is 3.16. The summed E-state index contributed by atoms with van der Waals surface area (Å²) in [5, 5.41) is 12.2. The highest BCUT2D eigenvalue weighted by atomic mass is 79.9. The Hall–Kier alpha value is -1.75. The molecule has 0 spiro atoms. The van der Waals surface area contributed by atoms with Crippen molar-refractivity contribution in [1.82, 2.24) is 0 Å². The highest BCUT2D eigenvalue weighted by Gasteiger charge is 2.13. The molecular weight excluding hydrogens is 298 g/mol. The Morgan fingerprint density at radius 1 is 1.33 bits per heavy atom. The van der Waals surface area contributed by atoms with E-state index in [1.54, 1.807) is 24.5 Å². The van der Waals surface area contributed by atoms with Gasteiger partial charge in [-0.05, 0) is 40.2 Å². The second kappa shape index (κ2) is 5.73. The number of carboxylic acid groups (broad SMARTS) is 1. The lowest BCUT2D eigenvalue weighted by Crippen LogP contribution is -2.09. The smallest absolute Gasteiger partial charge is 0.338 e. The molecule has 2 aromatic rings. The fraction of sp³-hybridized carbons (Fsp3) is 0.154. The first-order valence-corrected chi connectivity index (χ1v) is 6.26. The van der Waals surface area contributed by atoms with Crippen LogP contribution in [0.25, 0.3) is 0 Å². The maximum atomic E-state index is 11.1. The number of hydrogen-bond donors (Lipinski definition) is 2. The first-order chi connectivity index (χ1) is 8.68. The minimum atomic E-state index is -0.956. The Balaban J connectivity index is 2.05. The SMILES string of the molecule is O=C(O)c1c(Br)cccc1NCCc1ccco1. The Kier molecular flexibility index (Phi) is 4.04. The third-order valence-electron chi connectivity index (χ3n) is 2.49. The van der Waals surface area contributed by atoms with E-state index in [2.05, 4.69) is 21.2 Å². The quantitative estimate of drug-likeness (QED) is 0.888. The molecule has 4 nitrogen and oxygen atoms in total. The number of aromatic carboxylic acids is 1. The summed E-state index contributed by atoms with van der Waals surface area (Å²) in [7, 11) is 0. The zero-order valence-electron chi connectivity index (χ0n) is 9.52. The lowest BCUT2D eigenvalue weighted by molar-refractivity contribution is 0.0697. The molecule has 0 saturated carbocycles. The molecule has 0 bridgehead atoms. The van der Waals surface area contributed by atoms with E-state index >= 15 is 0 Å². The van der Waals surface area contributed by atoms with E-state index < -0.39 is 5.97 Å². The predicted octanol–water partition coefficient (Wildman–Crippen LogP) is 3.39. The molecule has 0 radical (unpaired) electrons. The molecule has 0 saturated heterocycles. The van der Waals surface area contributed by atoms with Gasteiger partial charge in [-0.3, -0.25) is 0 Å². The van der Waals surface area contributed by atoms with Crippen LogP contribution in [0.4, 0.5) is 5.69 Å². The van der Waals surface area contributed by atoms with E-state index in [1.807, 2.05) is 12.1 Å². The van der Waals surface area contributed by atoms with Crippen LogP contribution in [0.3, 0.4) is 0 Å². The molecule has 2 rings (SSSR count). The molecule has 0 unspecified atom stereocenters. The van der Waals surface area contributed by atoms with Gasteiger partial charge in [0.25, 0.3) is 0 Å². The lowest BCUT2D eigenvalue weighted by Gasteiger charge is -2.10. The second-order valence-corrected chi connectivity index (χ2v) is 4.58. The Labute approximate surface area is 113 Å². The van der Waals surface area contributed by atoms with Crippen molar-refractivity contribution in [1.29, 1.82) is 0 Å². The number of nitrogens with one attached hydrogen (secondary N) is 1. The first-order valence-electron chi connectivity index (χ1n) is 5.46. The van der Waals surface area contributed by atoms with Gasteiger partial charge in [0.2, 0.25) is 0 Å². The Bertz CT molecular complexity index is 537. The summed E-state index contributed by atoms with van der Waals surface area (Å²) >= 11 is 3.24. The molecular formula is C13H12BrNO3. The number of rotatable bonds is 5. The van der Waals surface area contributed by atoms with E-state index in [-0.39, 0.29) is 5.56 Å². The number of carbonyl (C=O) groups is 1. The summed E-state index contributed by atoms with van der Waals surface area (Å²) in [6.07, 6.45) is 2.33. The average Bonchev–Trinajstić information content (AvgIpc) is 2.81. The monoisotopic (exact) mass is 309 g/mol. The molecule has 0 aliphatic heterocycles. The van der Waals surface area contributed by atoms with Crippen LogP contribution in [0.15, 0.2) is 45.5 Å². The second-order valence-electron chi connectivity index (χ2n) is 3.72. The summed E-state index contributed by atoms with van der Waals surface area (Å²) in [4.78, 5) is 11.1. The van der Waals surface area contributed by atoms with Crippen LogP contribution in [0, 0.1) is 0 Å². The number of benzene rings is 1. The van der Waals surface area contributed by atoms with E-state index in [0.717, 1.165) is 5.76 Å². The van der Waals surface area contributed by atoms with Crippen LogP contribution in [0.2, 0.25) is 0 Å². The summed E-state index contributed by atoms with van der Waals surface area (Å²) in [6.45, 7) is 0.615. The van der Waals surface area contributed by atoms with E-state index in [4.69, 9.17) is 9.52 Å². The van der Waals surface area contributed by atoms with Crippen molar-refractivity contribution >= 4 is 27.6 Å². The van der Waals surface area contributed by atoms with Gasteiger partial charge in [0, 0.05) is 23.1 Å². The summed E-state index contributed by atoms with van der Waals surface area (Å²) < 4.78 is 5.77. The van der Waals surface area contributed by atoms with Crippen molar-refractivity contribution in [3.05, 3.63) is 52.4 Å². The van der Waals surface area contributed by atoms with Crippen LogP contribution < -0.4 is 5.32 Å². The van der Waals surface area contributed by atoms with Crippen molar-refractivity contribution in [3.8, 4) is 0 Å². The van der Waals surface area contributed by atoms with Gasteiger partial charge >= 0.3 is 5.97 Å². The van der Waals surface area contributed by atoms with E-state index in [1.165, 1.54) is 0 Å². The lowest BCUT2D eigenvalue weighted by atomic mass is 10.1. The molecule has 1 aromatic carbocycles. The normalized spacial score (nSPS) is 10.3. The molecule has 0 aliphatic rings. The molecule has 1 aromatic heterocycles. The van der Waals surface area contributed by atoms with Gasteiger partial charge in [0.15, 0.2) is 0 Å². The number of anilines is 1. The van der Waals surface area contributed by atoms with E-state index in [9.17, 15) is 4.79 Å². The Morgan fingerprint density at radius 2 is 2.17 bits per heavy atom. The summed E-state index contributed by atoms with van der Waals surface area (Å²) in [6, 6.07) is 8.97.